The Morgan fingerprint density at radius 2 is 1.46 bits per heavy atom. The second-order valence-corrected chi connectivity index (χ2v) is 7.79. The summed E-state index contributed by atoms with van der Waals surface area (Å²) in [5.41, 5.74) is 2.70. The summed E-state index contributed by atoms with van der Waals surface area (Å²) in [6, 6.07) is 24.9. The number of aliphatic imine (C=N–C) groups is 1. The predicted octanol–water partition coefficient (Wildman–Crippen LogP) is 4.97. The molecule has 3 aromatic carbocycles. The van der Waals surface area contributed by atoms with Crippen LogP contribution in [-0.2, 0) is 9.73 Å². The van der Waals surface area contributed by atoms with Crippen LogP contribution in [0.5, 0.6) is 0 Å². The highest BCUT2D eigenvalue weighted by molar-refractivity contribution is 7.94. The van der Waals surface area contributed by atoms with Crippen LogP contribution in [-0.4, -0.2) is 10.0 Å². The SMILES string of the molecule is Cc1ccccc1C1=Nc2ccccc2[S@](=O)(c2ccccc2)=N1. The zero-order valence-corrected chi connectivity index (χ0v) is 14.0. The van der Waals surface area contributed by atoms with Crippen LogP contribution in [0.25, 0.3) is 0 Å². The van der Waals surface area contributed by atoms with E-state index in [4.69, 9.17) is 0 Å². The van der Waals surface area contributed by atoms with E-state index in [9.17, 15) is 4.21 Å². The number of aryl methyl sites for hydroxylation is 1. The summed E-state index contributed by atoms with van der Waals surface area (Å²) >= 11 is 0. The number of hydrogen-bond acceptors (Lipinski definition) is 3. The largest absolute Gasteiger partial charge is 0.239 e. The Morgan fingerprint density at radius 1 is 0.792 bits per heavy atom. The number of nitrogens with zero attached hydrogens (tertiary/aromatic N) is 2. The number of benzene rings is 3. The molecule has 1 heterocycles. The molecule has 1 atom stereocenters. The monoisotopic (exact) mass is 332 g/mol. The van der Waals surface area contributed by atoms with Crippen molar-refractivity contribution in [3.8, 4) is 0 Å². The van der Waals surface area contributed by atoms with Crippen LogP contribution in [0.2, 0.25) is 0 Å². The third kappa shape index (κ3) is 2.36. The molecule has 0 aliphatic carbocycles. The van der Waals surface area contributed by atoms with Crippen LogP contribution in [0.15, 0.2) is 98.0 Å². The Morgan fingerprint density at radius 3 is 2.25 bits per heavy atom. The molecule has 0 amide bonds. The van der Waals surface area contributed by atoms with Crippen LogP contribution < -0.4 is 0 Å². The molecule has 1 aliphatic heterocycles. The number of para-hydroxylation sites is 1. The maximum Gasteiger partial charge on any atom is 0.170 e. The second kappa shape index (κ2) is 5.73. The first-order valence-electron chi connectivity index (χ1n) is 7.74. The molecule has 24 heavy (non-hydrogen) atoms. The quantitative estimate of drug-likeness (QED) is 0.653. The first kappa shape index (κ1) is 14.8. The van der Waals surface area contributed by atoms with Gasteiger partial charge in [-0.05, 0) is 36.8 Å². The van der Waals surface area contributed by atoms with Crippen molar-refractivity contribution in [2.24, 2.45) is 9.36 Å². The zero-order chi connectivity index (χ0) is 16.6. The van der Waals surface area contributed by atoms with Gasteiger partial charge in [-0.1, -0.05) is 54.6 Å². The normalized spacial score (nSPS) is 19.1. The summed E-state index contributed by atoms with van der Waals surface area (Å²) < 4.78 is 18.5. The highest BCUT2D eigenvalue weighted by atomic mass is 32.2. The molecule has 1 aliphatic rings. The van der Waals surface area contributed by atoms with Gasteiger partial charge in [0.2, 0.25) is 0 Å². The molecule has 0 spiro atoms. The van der Waals surface area contributed by atoms with Crippen molar-refractivity contribution >= 4 is 21.3 Å². The van der Waals surface area contributed by atoms with E-state index in [1.807, 2.05) is 85.8 Å². The van der Waals surface area contributed by atoms with Gasteiger partial charge in [-0.25, -0.2) is 9.20 Å². The Hall–Kier alpha value is -2.72. The van der Waals surface area contributed by atoms with Gasteiger partial charge in [-0.15, -0.1) is 0 Å². The highest BCUT2D eigenvalue weighted by Gasteiger charge is 2.25. The first-order chi connectivity index (χ1) is 11.7. The Balaban J connectivity index is 2.04. The van der Waals surface area contributed by atoms with E-state index in [2.05, 4.69) is 9.36 Å². The topological polar surface area (TPSA) is 41.8 Å². The molecule has 0 saturated heterocycles. The van der Waals surface area contributed by atoms with Crippen molar-refractivity contribution in [2.75, 3.05) is 0 Å². The smallest absolute Gasteiger partial charge is 0.170 e. The molecule has 3 aromatic rings. The van der Waals surface area contributed by atoms with Gasteiger partial charge < -0.3 is 0 Å². The predicted molar refractivity (Wildman–Crippen MR) is 97.4 cm³/mol. The van der Waals surface area contributed by atoms with Gasteiger partial charge in [0.05, 0.1) is 15.5 Å². The molecule has 0 unspecified atom stereocenters. The van der Waals surface area contributed by atoms with Crippen molar-refractivity contribution in [2.45, 2.75) is 16.7 Å². The summed E-state index contributed by atoms with van der Waals surface area (Å²) in [5, 5.41) is 0. The molecule has 118 valence electrons. The molecular formula is C20H16N2OS. The maximum atomic E-state index is 13.9. The van der Waals surface area contributed by atoms with Gasteiger partial charge in [0.25, 0.3) is 0 Å². The fraction of sp³-hybridized carbons (Fsp3) is 0.0500. The lowest BCUT2D eigenvalue weighted by molar-refractivity contribution is 0.676. The molecule has 0 radical (unpaired) electrons. The lowest BCUT2D eigenvalue weighted by atomic mass is 10.1. The minimum absolute atomic E-state index is 0.528. The van der Waals surface area contributed by atoms with Gasteiger partial charge in [-0.3, -0.25) is 0 Å². The van der Waals surface area contributed by atoms with E-state index in [-0.39, 0.29) is 0 Å². The van der Waals surface area contributed by atoms with Gasteiger partial charge in [-0.2, -0.15) is 4.36 Å². The molecule has 0 fully saturated rings. The standard InChI is InChI=1S/C20H16N2OS/c1-15-9-5-6-12-17(15)20-21-18-13-7-8-14-19(18)24(23,22-20)16-10-3-2-4-11-16/h2-14H,1H3/t24-/m1/s1. The van der Waals surface area contributed by atoms with Crippen molar-refractivity contribution in [3.63, 3.8) is 0 Å². The summed E-state index contributed by atoms with van der Waals surface area (Å²) in [4.78, 5) is 6.05. The van der Waals surface area contributed by atoms with Crippen molar-refractivity contribution in [1.82, 2.24) is 0 Å². The van der Waals surface area contributed by atoms with Gasteiger partial charge in [0, 0.05) is 5.56 Å². The third-order valence-electron chi connectivity index (χ3n) is 4.05. The first-order valence-corrected chi connectivity index (χ1v) is 9.26. The van der Waals surface area contributed by atoms with E-state index in [0.717, 1.165) is 16.8 Å². The Kier molecular flexibility index (Phi) is 3.54. The van der Waals surface area contributed by atoms with Crippen LogP contribution in [0.1, 0.15) is 11.1 Å². The van der Waals surface area contributed by atoms with Crippen molar-refractivity contribution in [1.29, 1.82) is 0 Å². The second-order valence-electron chi connectivity index (χ2n) is 5.65. The molecular weight excluding hydrogens is 316 g/mol. The van der Waals surface area contributed by atoms with Gasteiger partial charge in [0.1, 0.15) is 9.73 Å². The molecule has 4 heteroatoms. The lowest BCUT2D eigenvalue weighted by Crippen LogP contribution is -2.12. The highest BCUT2D eigenvalue weighted by Crippen LogP contribution is 2.36. The number of fused-ring (bicyclic) bond motifs is 1. The van der Waals surface area contributed by atoms with E-state index in [1.54, 1.807) is 0 Å². The molecule has 0 bridgehead atoms. The minimum Gasteiger partial charge on any atom is -0.239 e. The molecule has 4 rings (SSSR count). The van der Waals surface area contributed by atoms with Crippen LogP contribution in [0.3, 0.4) is 0 Å². The lowest BCUT2D eigenvalue weighted by Gasteiger charge is -2.19. The van der Waals surface area contributed by atoms with Crippen LogP contribution >= 0.6 is 0 Å². The average molecular weight is 332 g/mol. The molecule has 0 N–H and O–H groups in total. The van der Waals surface area contributed by atoms with Gasteiger partial charge in [0.15, 0.2) is 5.84 Å². The number of hydrogen-bond donors (Lipinski definition) is 0. The number of amidine groups is 1. The number of rotatable bonds is 2. The van der Waals surface area contributed by atoms with E-state index < -0.39 is 9.73 Å². The van der Waals surface area contributed by atoms with Gasteiger partial charge >= 0.3 is 0 Å². The van der Waals surface area contributed by atoms with Crippen LogP contribution in [0.4, 0.5) is 5.69 Å². The third-order valence-corrected chi connectivity index (χ3v) is 6.34. The van der Waals surface area contributed by atoms with E-state index in [1.165, 1.54) is 0 Å². The zero-order valence-electron chi connectivity index (χ0n) is 13.2. The Bertz CT molecular complexity index is 1060. The minimum atomic E-state index is -2.75. The van der Waals surface area contributed by atoms with Crippen LogP contribution in [0, 0.1) is 6.92 Å². The molecule has 0 aromatic heterocycles. The van der Waals surface area contributed by atoms with Crippen molar-refractivity contribution in [3.05, 3.63) is 90.0 Å². The summed E-state index contributed by atoms with van der Waals surface area (Å²) in [5.74, 6) is 0.528. The summed E-state index contributed by atoms with van der Waals surface area (Å²) in [7, 11) is -2.75. The van der Waals surface area contributed by atoms with E-state index in [0.29, 0.717) is 15.6 Å². The summed E-state index contributed by atoms with van der Waals surface area (Å²) in [6.45, 7) is 2.01. The summed E-state index contributed by atoms with van der Waals surface area (Å²) in [6.07, 6.45) is 0. The average Bonchev–Trinajstić information content (AvgIpc) is 2.63. The van der Waals surface area contributed by atoms with E-state index >= 15 is 0 Å². The fourth-order valence-electron chi connectivity index (χ4n) is 2.81. The molecule has 0 saturated carbocycles. The fourth-order valence-corrected chi connectivity index (χ4v) is 4.83. The van der Waals surface area contributed by atoms with Crippen molar-refractivity contribution < 1.29 is 4.21 Å². The molecule has 3 nitrogen and oxygen atoms in total. The maximum absolute atomic E-state index is 13.9. The Labute approximate surface area is 141 Å².